The lowest BCUT2D eigenvalue weighted by Gasteiger charge is -2.50. The maximum Gasteiger partial charge on any atom is 0.0728 e. The zero-order chi connectivity index (χ0) is 50.2. The molecule has 2 aliphatic carbocycles. The average molecular weight is 967 g/mol. The molecule has 0 saturated carbocycles. The van der Waals surface area contributed by atoms with Gasteiger partial charge in [-0.2, -0.15) is 0 Å². The molecule has 0 amide bonds. The zero-order valence-corrected chi connectivity index (χ0v) is 41.8. The molecule has 2 unspecified atom stereocenters. The number of hydrogen-bond acceptors (Lipinski definition) is 1. The van der Waals surface area contributed by atoms with Crippen LogP contribution in [0.15, 0.2) is 303 Å². The van der Waals surface area contributed by atoms with Crippen LogP contribution in [0.25, 0.3) is 60.9 Å². The second-order valence-corrected chi connectivity index (χ2v) is 20.3. The normalized spacial score (nSPS) is 16.0. The lowest BCUT2D eigenvalue weighted by molar-refractivity contribution is 0.627. The van der Waals surface area contributed by atoms with Crippen LogP contribution in [-0.2, 0) is 10.8 Å². The first-order valence-corrected chi connectivity index (χ1v) is 26.4. The minimum atomic E-state index is -0.776. The maximum atomic E-state index is 2.52. The quantitative estimate of drug-likeness (QED) is 0.140. The molecule has 1 aromatic heterocycles. The van der Waals surface area contributed by atoms with Crippen LogP contribution < -0.4 is 4.90 Å². The third-order valence-corrected chi connectivity index (χ3v) is 16.5. The Kier molecular flexibility index (Phi) is 10.0. The van der Waals surface area contributed by atoms with E-state index in [4.69, 9.17) is 0 Å². The van der Waals surface area contributed by atoms with E-state index in [-0.39, 0.29) is 0 Å². The van der Waals surface area contributed by atoms with Gasteiger partial charge < -0.3 is 9.47 Å². The first kappa shape index (κ1) is 43.8. The number of fused-ring (bicyclic) bond motifs is 8. The summed E-state index contributed by atoms with van der Waals surface area (Å²) in [7, 11) is 0. The first-order valence-electron chi connectivity index (χ1n) is 26.4. The third kappa shape index (κ3) is 6.34. The fourth-order valence-electron chi connectivity index (χ4n) is 13.5. The lowest BCUT2D eigenvalue weighted by atomic mass is 9.51. The second kappa shape index (κ2) is 17.4. The number of hydrogen-bond donors (Lipinski definition) is 0. The predicted molar refractivity (Wildman–Crippen MR) is 316 cm³/mol. The van der Waals surface area contributed by atoms with E-state index in [0.29, 0.717) is 0 Å². The smallest absolute Gasteiger partial charge is 0.0728 e. The minimum absolute atomic E-state index is 0.557. The highest BCUT2D eigenvalue weighted by Gasteiger charge is 2.58. The van der Waals surface area contributed by atoms with Crippen LogP contribution >= 0.6 is 0 Å². The highest BCUT2D eigenvalue weighted by atomic mass is 15.1. The van der Waals surface area contributed by atoms with E-state index in [2.05, 4.69) is 313 Å². The number of anilines is 3. The molecule has 0 bridgehead atoms. The van der Waals surface area contributed by atoms with Crippen LogP contribution in [0.5, 0.6) is 0 Å². The van der Waals surface area contributed by atoms with Crippen molar-refractivity contribution in [1.82, 2.24) is 4.57 Å². The third-order valence-electron chi connectivity index (χ3n) is 16.5. The Hall–Kier alpha value is -9.76. The van der Waals surface area contributed by atoms with Gasteiger partial charge in [0.05, 0.1) is 27.6 Å². The maximum absolute atomic E-state index is 2.52. The van der Waals surface area contributed by atoms with Crippen LogP contribution in [0.3, 0.4) is 0 Å². The Balaban J connectivity index is 1.02. The van der Waals surface area contributed by atoms with E-state index in [1.807, 2.05) is 0 Å². The number of aromatic nitrogens is 1. The largest absolute Gasteiger partial charge is 0.310 e. The fraction of sp³-hybridized carbons (Fsp3) is 0.0270. The molecule has 12 aromatic carbocycles. The molecule has 2 aliphatic rings. The van der Waals surface area contributed by atoms with Crippen molar-refractivity contribution in [3.8, 4) is 39.1 Å². The summed E-state index contributed by atoms with van der Waals surface area (Å²) in [6.07, 6.45) is 0. The van der Waals surface area contributed by atoms with Gasteiger partial charge in [0.2, 0.25) is 0 Å². The SMILES string of the molecule is c1ccc(-c2ccc(N(c3ccc4c5ccccc5n(-c5ccc(-c6ccccc6)cc5)c4c3)c3ccccc3C3(c4ccccc4)c4ccccc4C4(c5ccccc5)c5ccccc5-c5cccc3c54)cc2)cc1. The molecule has 1 heterocycles. The topological polar surface area (TPSA) is 8.17 Å². The van der Waals surface area contributed by atoms with Crippen LogP contribution in [0.1, 0.15) is 44.5 Å². The summed E-state index contributed by atoms with van der Waals surface area (Å²) in [5.41, 5.74) is 22.9. The highest BCUT2D eigenvalue weighted by Crippen LogP contribution is 2.66. The Morgan fingerprint density at radius 2 is 0.737 bits per heavy atom. The standard InChI is InChI=1S/C74H50N2/c1-5-22-51(23-6-1)53-40-44-57(45-41-53)75(59-48-49-62-61-31-14-19-38-69(61)76(71(62)50-59)58-46-42-54(43-47-58)52-24-7-2-8-25-52)70-39-20-18-36-67(70)73(55-26-9-3-10-27-55)65-34-16-17-35-66(65)74(56-28-11-4-12-29-56)64-33-15-13-30-60(64)63-32-21-37-68(73)72(63)74/h1-50H. The molecule has 356 valence electrons. The summed E-state index contributed by atoms with van der Waals surface area (Å²) in [4.78, 5) is 2.52. The molecule has 2 nitrogen and oxygen atoms in total. The molecule has 0 spiro atoms. The van der Waals surface area contributed by atoms with Crippen molar-refractivity contribution < 1.29 is 0 Å². The van der Waals surface area contributed by atoms with Crippen molar-refractivity contribution in [1.29, 1.82) is 0 Å². The van der Waals surface area contributed by atoms with Gasteiger partial charge >= 0.3 is 0 Å². The van der Waals surface area contributed by atoms with Crippen molar-refractivity contribution in [3.63, 3.8) is 0 Å². The predicted octanol–water partition coefficient (Wildman–Crippen LogP) is 18.6. The van der Waals surface area contributed by atoms with Gasteiger partial charge in [-0.3, -0.25) is 0 Å². The van der Waals surface area contributed by atoms with Crippen molar-refractivity contribution in [2.24, 2.45) is 0 Å². The molecule has 2 atom stereocenters. The number of benzene rings is 12. The van der Waals surface area contributed by atoms with Crippen LogP contribution in [0.4, 0.5) is 17.1 Å². The van der Waals surface area contributed by atoms with Crippen LogP contribution in [0.2, 0.25) is 0 Å². The number of nitrogens with zero attached hydrogens (tertiary/aromatic N) is 2. The summed E-state index contributed by atoms with van der Waals surface area (Å²) < 4.78 is 2.45. The summed E-state index contributed by atoms with van der Waals surface area (Å²) in [6, 6.07) is 113. The van der Waals surface area contributed by atoms with E-state index in [1.54, 1.807) is 0 Å². The molecule has 13 aromatic rings. The molecular formula is C74H50N2. The summed E-state index contributed by atoms with van der Waals surface area (Å²) >= 11 is 0. The van der Waals surface area contributed by atoms with Crippen molar-refractivity contribution in [2.75, 3.05) is 4.90 Å². The zero-order valence-electron chi connectivity index (χ0n) is 41.8. The molecule has 0 N–H and O–H groups in total. The molecule has 0 fully saturated rings. The van der Waals surface area contributed by atoms with Crippen molar-refractivity contribution >= 4 is 38.9 Å². The van der Waals surface area contributed by atoms with E-state index in [0.717, 1.165) is 28.3 Å². The summed E-state index contributed by atoms with van der Waals surface area (Å²) in [5.74, 6) is 0. The van der Waals surface area contributed by atoms with Gasteiger partial charge in [-0.25, -0.2) is 0 Å². The number of rotatable bonds is 9. The van der Waals surface area contributed by atoms with Gasteiger partial charge in [0, 0.05) is 27.8 Å². The molecule has 15 rings (SSSR count). The second-order valence-electron chi connectivity index (χ2n) is 20.3. The van der Waals surface area contributed by atoms with E-state index < -0.39 is 10.8 Å². The van der Waals surface area contributed by atoms with Crippen molar-refractivity contribution in [3.05, 3.63) is 348 Å². The van der Waals surface area contributed by atoms with E-state index >= 15 is 0 Å². The molecule has 76 heavy (non-hydrogen) atoms. The van der Waals surface area contributed by atoms with Crippen molar-refractivity contribution in [2.45, 2.75) is 10.8 Å². The summed E-state index contributed by atoms with van der Waals surface area (Å²) in [5, 5.41) is 2.43. The van der Waals surface area contributed by atoms with Gasteiger partial charge in [-0.1, -0.05) is 255 Å². The lowest BCUT2D eigenvalue weighted by Crippen LogP contribution is -2.44. The van der Waals surface area contributed by atoms with Gasteiger partial charge in [-0.15, -0.1) is 0 Å². The molecule has 0 aliphatic heterocycles. The average Bonchev–Trinajstić information content (AvgIpc) is 4.20. The Labute approximate surface area is 443 Å². The summed E-state index contributed by atoms with van der Waals surface area (Å²) in [6.45, 7) is 0. The molecular weight excluding hydrogens is 917 g/mol. The van der Waals surface area contributed by atoms with E-state index in [1.165, 1.54) is 94.2 Å². The monoisotopic (exact) mass is 966 g/mol. The first-order chi connectivity index (χ1) is 37.7. The highest BCUT2D eigenvalue weighted by molar-refractivity contribution is 6.10. The Morgan fingerprint density at radius 1 is 0.276 bits per heavy atom. The van der Waals surface area contributed by atoms with Gasteiger partial charge in [0.1, 0.15) is 0 Å². The Morgan fingerprint density at radius 3 is 1.41 bits per heavy atom. The van der Waals surface area contributed by atoms with Crippen LogP contribution in [0, 0.1) is 0 Å². The minimum Gasteiger partial charge on any atom is -0.310 e. The van der Waals surface area contributed by atoms with Crippen LogP contribution in [-0.4, -0.2) is 4.57 Å². The fourth-order valence-corrected chi connectivity index (χ4v) is 13.5. The van der Waals surface area contributed by atoms with Gasteiger partial charge in [0.15, 0.2) is 0 Å². The number of para-hydroxylation sites is 2. The molecule has 2 heteroatoms. The molecule has 0 radical (unpaired) electrons. The van der Waals surface area contributed by atoms with E-state index in [9.17, 15) is 0 Å². The van der Waals surface area contributed by atoms with Gasteiger partial charge in [-0.05, 0) is 126 Å². The molecule has 0 saturated heterocycles. The van der Waals surface area contributed by atoms with Gasteiger partial charge in [0.25, 0.3) is 0 Å². The Bertz CT molecular complexity index is 4310.